The van der Waals surface area contributed by atoms with Gasteiger partial charge in [0.1, 0.15) is 0 Å². The average Bonchev–Trinajstić information content (AvgIpc) is 2.80. The lowest BCUT2D eigenvalue weighted by Crippen LogP contribution is -2.12. The molecule has 2 rings (SSSR count). The lowest BCUT2D eigenvalue weighted by molar-refractivity contribution is 0.587. The highest BCUT2D eigenvalue weighted by Crippen LogP contribution is 2.26. The lowest BCUT2D eigenvalue weighted by atomic mass is 10.0. The molecule has 2 aromatic rings. The van der Waals surface area contributed by atoms with Crippen LogP contribution in [0, 0.1) is 6.92 Å². The average molecular weight is 257 g/mol. The normalized spacial score (nSPS) is 12.6. The van der Waals surface area contributed by atoms with E-state index in [4.69, 9.17) is 0 Å². The Morgan fingerprint density at radius 1 is 1.37 bits per heavy atom. The molecule has 1 heterocycles. The molecule has 1 unspecified atom stereocenters. The smallest absolute Gasteiger partial charge is 0.0571 e. The Hall–Kier alpha value is -1.61. The van der Waals surface area contributed by atoms with Crippen LogP contribution in [0.2, 0.25) is 0 Å². The third-order valence-electron chi connectivity index (χ3n) is 3.67. The molecule has 1 atom stereocenters. The quantitative estimate of drug-likeness (QED) is 0.887. The highest BCUT2D eigenvalue weighted by molar-refractivity contribution is 5.66. The van der Waals surface area contributed by atoms with Gasteiger partial charge >= 0.3 is 0 Å². The zero-order valence-corrected chi connectivity index (χ0v) is 12.3. The first-order valence-corrected chi connectivity index (χ1v) is 6.97. The fourth-order valence-corrected chi connectivity index (χ4v) is 2.31. The molecule has 0 aliphatic rings. The monoisotopic (exact) mass is 257 g/mol. The van der Waals surface area contributed by atoms with E-state index < -0.39 is 0 Å². The van der Waals surface area contributed by atoms with Gasteiger partial charge in [-0.2, -0.15) is 5.10 Å². The van der Waals surface area contributed by atoms with Crippen molar-refractivity contribution in [2.45, 2.75) is 39.8 Å². The fraction of sp³-hybridized carbons (Fsp3) is 0.438. The minimum absolute atomic E-state index is 0.367. The van der Waals surface area contributed by atoms with Crippen LogP contribution in [0.1, 0.15) is 37.6 Å². The first-order valence-electron chi connectivity index (χ1n) is 6.97. The van der Waals surface area contributed by atoms with Gasteiger partial charge in [0.05, 0.1) is 6.20 Å². The molecule has 0 saturated heterocycles. The summed E-state index contributed by atoms with van der Waals surface area (Å²) >= 11 is 0. The molecular formula is C16H23N3. The number of hydrogen-bond donors (Lipinski definition) is 1. The zero-order chi connectivity index (χ0) is 13.8. The SMILES string of the molecule is CCCn1ncc(-c2cccc(C(C)NC)c2)c1C. The maximum Gasteiger partial charge on any atom is 0.0571 e. The van der Waals surface area contributed by atoms with Crippen molar-refractivity contribution in [3.63, 3.8) is 0 Å². The Kier molecular flexibility index (Phi) is 4.38. The second kappa shape index (κ2) is 6.02. The number of rotatable bonds is 5. The van der Waals surface area contributed by atoms with Crippen LogP contribution >= 0.6 is 0 Å². The summed E-state index contributed by atoms with van der Waals surface area (Å²) in [7, 11) is 1.99. The Balaban J connectivity index is 2.36. The molecule has 0 spiro atoms. The first-order chi connectivity index (χ1) is 9.17. The molecule has 3 nitrogen and oxygen atoms in total. The Morgan fingerprint density at radius 3 is 2.84 bits per heavy atom. The molecule has 1 aromatic carbocycles. The number of aromatic nitrogens is 2. The summed E-state index contributed by atoms with van der Waals surface area (Å²) in [5.41, 5.74) is 5.04. The molecule has 0 fully saturated rings. The summed E-state index contributed by atoms with van der Waals surface area (Å²) in [6.07, 6.45) is 3.09. The van der Waals surface area contributed by atoms with Gasteiger partial charge in [-0.15, -0.1) is 0 Å². The highest BCUT2D eigenvalue weighted by atomic mass is 15.3. The van der Waals surface area contributed by atoms with Crippen molar-refractivity contribution < 1.29 is 0 Å². The third-order valence-corrected chi connectivity index (χ3v) is 3.67. The van der Waals surface area contributed by atoms with Crippen molar-refractivity contribution in [2.75, 3.05) is 7.05 Å². The number of nitrogens with one attached hydrogen (secondary N) is 1. The van der Waals surface area contributed by atoms with Crippen LogP contribution in [0.15, 0.2) is 30.5 Å². The molecule has 0 amide bonds. The van der Waals surface area contributed by atoms with Crippen molar-refractivity contribution in [3.05, 3.63) is 41.7 Å². The van der Waals surface area contributed by atoms with Crippen molar-refractivity contribution in [1.82, 2.24) is 15.1 Å². The van der Waals surface area contributed by atoms with E-state index in [-0.39, 0.29) is 0 Å². The van der Waals surface area contributed by atoms with E-state index >= 15 is 0 Å². The van der Waals surface area contributed by atoms with Gasteiger partial charge in [0.25, 0.3) is 0 Å². The first kappa shape index (κ1) is 13.8. The van der Waals surface area contributed by atoms with Crippen LogP contribution in [-0.4, -0.2) is 16.8 Å². The summed E-state index contributed by atoms with van der Waals surface area (Å²) in [6, 6.07) is 9.06. The number of hydrogen-bond acceptors (Lipinski definition) is 2. The molecule has 0 aliphatic heterocycles. The van der Waals surface area contributed by atoms with E-state index in [1.165, 1.54) is 22.4 Å². The van der Waals surface area contributed by atoms with Crippen LogP contribution in [0.5, 0.6) is 0 Å². The molecule has 0 radical (unpaired) electrons. The van der Waals surface area contributed by atoms with Crippen LogP contribution in [-0.2, 0) is 6.54 Å². The third kappa shape index (κ3) is 2.87. The summed E-state index contributed by atoms with van der Waals surface area (Å²) in [4.78, 5) is 0. The van der Waals surface area contributed by atoms with E-state index in [9.17, 15) is 0 Å². The number of benzene rings is 1. The van der Waals surface area contributed by atoms with Crippen LogP contribution < -0.4 is 5.32 Å². The molecule has 19 heavy (non-hydrogen) atoms. The second-order valence-electron chi connectivity index (χ2n) is 5.00. The van der Waals surface area contributed by atoms with E-state index in [0.717, 1.165) is 13.0 Å². The predicted molar refractivity (Wildman–Crippen MR) is 80.2 cm³/mol. The van der Waals surface area contributed by atoms with Crippen molar-refractivity contribution in [1.29, 1.82) is 0 Å². The summed E-state index contributed by atoms with van der Waals surface area (Å²) in [6.45, 7) is 7.48. The molecule has 1 aromatic heterocycles. The van der Waals surface area contributed by atoms with Gasteiger partial charge in [0.2, 0.25) is 0 Å². The zero-order valence-electron chi connectivity index (χ0n) is 12.3. The van der Waals surface area contributed by atoms with Gasteiger partial charge in [-0.3, -0.25) is 4.68 Å². The predicted octanol–water partition coefficient (Wildman–Crippen LogP) is 3.55. The molecular weight excluding hydrogens is 234 g/mol. The molecule has 102 valence electrons. The summed E-state index contributed by atoms with van der Waals surface area (Å²) in [5, 5.41) is 7.76. The second-order valence-corrected chi connectivity index (χ2v) is 5.00. The summed E-state index contributed by atoms with van der Waals surface area (Å²) in [5.74, 6) is 0. The minimum Gasteiger partial charge on any atom is -0.313 e. The Morgan fingerprint density at radius 2 is 2.16 bits per heavy atom. The van der Waals surface area contributed by atoms with Gasteiger partial charge in [-0.25, -0.2) is 0 Å². The number of aryl methyl sites for hydroxylation is 1. The van der Waals surface area contributed by atoms with Crippen molar-refractivity contribution in [2.24, 2.45) is 0 Å². The topological polar surface area (TPSA) is 29.9 Å². The fourth-order valence-electron chi connectivity index (χ4n) is 2.31. The molecule has 1 N–H and O–H groups in total. The standard InChI is InChI=1S/C16H23N3/c1-5-9-19-13(3)16(11-18-19)15-8-6-7-14(10-15)12(2)17-4/h6-8,10-12,17H,5,9H2,1-4H3. The largest absolute Gasteiger partial charge is 0.313 e. The van der Waals surface area contributed by atoms with Crippen molar-refractivity contribution in [3.8, 4) is 11.1 Å². The Labute approximate surface area is 115 Å². The van der Waals surface area contributed by atoms with Gasteiger partial charge in [-0.1, -0.05) is 25.1 Å². The van der Waals surface area contributed by atoms with E-state index in [2.05, 4.69) is 60.1 Å². The van der Waals surface area contributed by atoms with E-state index in [1.54, 1.807) is 0 Å². The maximum atomic E-state index is 4.48. The van der Waals surface area contributed by atoms with Gasteiger partial charge in [0, 0.05) is 23.8 Å². The minimum atomic E-state index is 0.367. The van der Waals surface area contributed by atoms with Crippen LogP contribution in [0.25, 0.3) is 11.1 Å². The Bertz CT molecular complexity index is 543. The summed E-state index contributed by atoms with van der Waals surface area (Å²) < 4.78 is 2.09. The highest BCUT2D eigenvalue weighted by Gasteiger charge is 2.10. The van der Waals surface area contributed by atoms with Crippen LogP contribution in [0.4, 0.5) is 0 Å². The molecule has 0 bridgehead atoms. The number of nitrogens with zero attached hydrogens (tertiary/aromatic N) is 2. The molecule has 0 aliphatic carbocycles. The maximum absolute atomic E-state index is 4.48. The van der Waals surface area contributed by atoms with Crippen molar-refractivity contribution >= 4 is 0 Å². The molecule has 3 heteroatoms. The molecule has 0 saturated carbocycles. The van der Waals surface area contributed by atoms with Crippen LogP contribution in [0.3, 0.4) is 0 Å². The van der Waals surface area contributed by atoms with Gasteiger partial charge in [-0.05, 0) is 44.5 Å². The van der Waals surface area contributed by atoms with Gasteiger partial charge < -0.3 is 5.32 Å². The van der Waals surface area contributed by atoms with E-state index in [0.29, 0.717) is 6.04 Å². The van der Waals surface area contributed by atoms with Gasteiger partial charge in [0.15, 0.2) is 0 Å². The lowest BCUT2D eigenvalue weighted by Gasteiger charge is -2.12. The van der Waals surface area contributed by atoms with E-state index in [1.807, 2.05) is 13.2 Å².